The minimum absolute atomic E-state index is 0.0146. The summed E-state index contributed by atoms with van der Waals surface area (Å²) in [5, 5.41) is 5.62. The summed E-state index contributed by atoms with van der Waals surface area (Å²) in [6.07, 6.45) is 1.97. The van der Waals surface area contributed by atoms with Crippen molar-refractivity contribution < 1.29 is 28.7 Å². The van der Waals surface area contributed by atoms with Gasteiger partial charge in [0, 0.05) is 19.5 Å². The highest BCUT2D eigenvalue weighted by molar-refractivity contribution is 5.92. The fourth-order valence-corrected chi connectivity index (χ4v) is 4.56. The van der Waals surface area contributed by atoms with E-state index in [9.17, 15) is 19.2 Å². The molecule has 2 rings (SSSR count). The molecule has 2 N–H and O–H groups in total. The van der Waals surface area contributed by atoms with E-state index < -0.39 is 41.6 Å². The molecule has 230 valence electrons. The van der Waals surface area contributed by atoms with E-state index in [-0.39, 0.29) is 26.0 Å². The summed E-state index contributed by atoms with van der Waals surface area (Å²) in [4.78, 5) is 54.7. The second-order valence-corrected chi connectivity index (χ2v) is 11.2. The highest BCUT2D eigenvalue weighted by Gasteiger charge is 2.36. The normalized spacial score (nSPS) is 12.5. The van der Waals surface area contributed by atoms with Crippen LogP contribution in [0.4, 0.5) is 4.79 Å². The summed E-state index contributed by atoms with van der Waals surface area (Å²) in [5.74, 6) is -1.21. The number of amides is 3. The van der Waals surface area contributed by atoms with E-state index in [0.29, 0.717) is 18.5 Å². The number of carbonyl (C=O) groups excluding carboxylic acids is 4. The Bertz CT molecular complexity index is 1160. The number of unbranched alkanes of at least 4 members (excludes halogenated alkanes) is 2. The summed E-state index contributed by atoms with van der Waals surface area (Å²) in [7, 11) is 0. The standard InChI is InChI=1S/C33H47N3O6/c1-7-9-15-22-36(29(26-19-14-13-16-24(26)3)30(38)34-21-20-28(37)41-8-2)31(39)27(23-25-17-11-10-12-18-25)35-32(40)42-33(4,5)6/h10-14,16-19,27,29H,7-9,15,20-23H2,1-6H3,(H,34,38)(H,35,40). The predicted octanol–water partition coefficient (Wildman–Crippen LogP) is 5.26. The lowest BCUT2D eigenvalue weighted by atomic mass is 9.96. The van der Waals surface area contributed by atoms with Gasteiger partial charge in [-0.1, -0.05) is 74.4 Å². The molecule has 0 aromatic heterocycles. The maximum Gasteiger partial charge on any atom is 0.408 e. The van der Waals surface area contributed by atoms with E-state index in [0.717, 1.165) is 24.0 Å². The van der Waals surface area contributed by atoms with Gasteiger partial charge in [-0.2, -0.15) is 0 Å². The van der Waals surface area contributed by atoms with Gasteiger partial charge in [0.15, 0.2) is 0 Å². The summed E-state index contributed by atoms with van der Waals surface area (Å²) < 4.78 is 10.5. The van der Waals surface area contributed by atoms with E-state index in [1.807, 2.05) is 61.5 Å². The van der Waals surface area contributed by atoms with Crippen LogP contribution in [0.25, 0.3) is 0 Å². The molecule has 0 aliphatic rings. The molecule has 0 spiro atoms. The first kappa shape index (κ1) is 34.3. The number of rotatable bonds is 15. The van der Waals surface area contributed by atoms with Gasteiger partial charge >= 0.3 is 12.1 Å². The van der Waals surface area contributed by atoms with E-state index in [2.05, 4.69) is 17.6 Å². The molecule has 3 amide bonds. The van der Waals surface area contributed by atoms with Crippen molar-refractivity contribution in [3.8, 4) is 0 Å². The average molecular weight is 582 g/mol. The quantitative estimate of drug-likeness (QED) is 0.219. The zero-order valence-electron chi connectivity index (χ0n) is 25.9. The third-order valence-corrected chi connectivity index (χ3v) is 6.53. The largest absolute Gasteiger partial charge is 0.466 e. The van der Waals surface area contributed by atoms with E-state index in [1.54, 1.807) is 32.6 Å². The van der Waals surface area contributed by atoms with Crippen LogP contribution in [0.15, 0.2) is 54.6 Å². The molecule has 2 aromatic carbocycles. The van der Waals surface area contributed by atoms with Crippen molar-refractivity contribution in [1.29, 1.82) is 0 Å². The maximum absolute atomic E-state index is 14.4. The van der Waals surface area contributed by atoms with E-state index in [4.69, 9.17) is 9.47 Å². The van der Waals surface area contributed by atoms with Crippen molar-refractivity contribution in [2.45, 2.75) is 91.3 Å². The first-order valence-electron chi connectivity index (χ1n) is 14.8. The van der Waals surface area contributed by atoms with Crippen molar-refractivity contribution in [2.75, 3.05) is 19.7 Å². The minimum Gasteiger partial charge on any atom is -0.466 e. The summed E-state index contributed by atoms with van der Waals surface area (Å²) in [5.41, 5.74) is 1.61. The van der Waals surface area contributed by atoms with E-state index >= 15 is 0 Å². The Labute approximate surface area is 250 Å². The molecule has 0 saturated heterocycles. The smallest absolute Gasteiger partial charge is 0.408 e. The molecule has 0 bridgehead atoms. The minimum atomic E-state index is -0.984. The number of alkyl carbamates (subject to hydrolysis) is 1. The average Bonchev–Trinajstić information content (AvgIpc) is 2.92. The first-order valence-corrected chi connectivity index (χ1v) is 14.8. The molecule has 2 aromatic rings. The molecule has 0 saturated carbocycles. The van der Waals surface area contributed by atoms with Crippen molar-refractivity contribution in [3.05, 3.63) is 71.3 Å². The number of nitrogens with one attached hydrogen (secondary N) is 2. The van der Waals surface area contributed by atoms with Crippen molar-refractivity contribution in [1.82, 2.24) is 15.5 Å². The number of carbonyl (C=O) groups is 4. The predicted molar refractivity (Wildman–Crippen MR) is 163 cm³/mol. The van der Waals surface area contributed by atoms with Crippen LogP contribution in [-0.4, -0.2) is 60.1 Å². The molecule has 2 unspecified atom stereocenters. The molecule has 0 heterocycles. The Balaban J connectivity index is 2.50. The highest BCUT2D eigenvalue weighted by Crippen LogP contribution is 2.27. The zero-order valence-corrected chi connectivity index (χ0v) is 25.9. The van der Waals surface area contributed by atoms with Crippen LogP contribution >= 0.6 is 0 Å². The summed E-state index contributed by atoms with van der Waals surface area (Å²) in [6.45, 7) is 11.6. The lowest BCUT2D eigenvalue weighted by Crippen LogP contribution is -2.54. The van der Waals surface area contributed by atoms with Crippen LogP contribution in [0.3, 0.4) is 0 Å². The molecule has 42 heavy (non-hydrogen) atoms. The van der Waals surface area contributed by atoms with Gasteiger partial charge in [0.05, 0.1) is 13.0 Å². The van der Waals surface area contributed by atoms with Crippen LogP contribution in [0.5, 0.6) is 0 Å². The van der Waals surface area contributed by atoms with Gasteiger partial charge in [-0.3, -0.25) is 14.4 Å². The molecule has 2 atom stereocenters. The fourth-order valence-electron chi connectivity index (χ4n) is 4.56. The number of nitrogens with zero attached hydrogens (tertiary/aromatic N) is 1. The number of hydrogen-bond donors (Lipinski definition) is 2. The molecular weight excluding hydrogens is 534 g/mol. The van der Waals surface area contributed by atoms with Gasteiger partial charge < -0.3 is 25.0 Å². The second-order valence-electron chi connectivity index (χ2n) is 11.2. The van der Waals surface area contributed by atoms with Crippen molar-refractivity contribution in [2.24, 2.45) is 0 Å². The van der Waals surface area contributed by atoms with Crippen molar-refractivity contribution in [3.63, 3.8) is 0 Å². The second kappa shape index (κ2) is 17.2. The fraction of sp³-hybridized carbons (Fsp3) is 0.515. The van der Waals surface area contributed by atoms with Crippen LogP contribution in [0.2, 0.25) is 0 Å². The lowest BCUT2D eigenvalue weighted by molar-refractivity contribution is -0.144. The van der Waals surface area contributed by atoms with Gasteiger partial charge in [-0.25, -0.2) is 4.79 Å². The molecule has 0 aliphatic carbocycles. The summed E-state index contributed by atoms with van der Waals surface area (Å²) >= 11 is 0. The molecule has 9 heteroatoms. The maximum atomic E-state index is 14.4. The van der Waals surface area contributed by atoms with Gasteiger partial charge in [0.25, 0.3) is 0 Å². The topological polar surface area (TPSA) is 114 Å². The molecular formula is C33H47N3O6. The van der Waals surface area contributed by atoms with Crippen molar-refractivity contribution >= 4 is 23.9 Å². The Morgan fingerprint density at radius 1 is 0.929 bits per heavy atom. The van der Waals surface area contributed by atoms with Crippen LogP contribution in [0, 0.1) is 6.92 Å². The Hall–Kier alpha value is -3.88. The van der Waals surface area contributed by atoms with Gasteiger partial charge in [0.2, 0.25) is 11.8 Å². The van der Waals surface area contributed by atoms with Crippen LogP contribution < -0.4 is 10.6 Å². The highest BCUT2D eigenvalue weighted by atomic mass is 16.6. The molecule has 0 fully saturated rings. The zero-order chi connectivity index (χ0) is 31.1. The summed E-state index contributed by atoms with van der Waals surface area (Å²) in [6, 6.07) is 14.9. The Morgan fingerprint density at radius 2 is 1.60 bits per heavy atom. The first-order chi connectivity index (χ1) is 20.0. The SMILES string of the molecule is CCCCCN(C(=O)C(Cc1ccccc1)NC(=O)OC(C)(C)C)C(C(=O)NCCC(=O)OCC)c1ccccc1C. The third-order valence-electron chi connectivity index (χ3n) is 6.53. The lowest BCUT2D eigenvalue weighted by Gasteiger charge is -2.35. The number of esters is 1. The van der Waals surface area contributed by atoms with Gasteiger partial charge in [-0.05, 0) is 57.7 Å². The van der Waals surface area contributed by atoms with Crippen LogP contribution in [-0.2, 0) is 30.3 Å². The molecule has 0 aliphatic heterocycles. The van der Waals surface area contributed by atoms with E-state index in [1.165, 1.54) is 0 Å². The Kier molecular flexibility index (Phi) is 14.0. The van der Waals surface area contributed by atoms with Crippen LogP contribution in [0.1, 0.15) is 83.0 Å². The number of ether oxygens (including phenoxy) is 2. The van der Waals surface area contributed by atoms with Gasteiger partial charge in [0.1, 0.15) is 17.7 Å². The monoisotopic (exact) mass is 581 g/mol. The molecule has 0 radical (unpaired) electrons. The number of aryl methyl sites for hydroxylation is 1. The third kappa shape index (κ3) is 11.5. The molecule has 9 nitrogen and oxygen atoms in total. The number of hydrogen-bond acceptors (Lipinski definition) is 6. The van der Waals surface area contributed by atoms with Gasteiger partial charge in [-0.15, -0.1) is 0 Å². The number of benzene rings is 2. The Morgan fingerprint density at radius 3 is 2.21 bits per heavy atom.